The Labute approximate surface area is 221 Å². The summed E-state index contributed by atoms with van der Waals surface area (Å²) in [6.45, 7) is 3.40. The van der Waals surface area contributed by atoms with Crippen molar-refractivity contribution in [1.29, 1.82) is 0 Å². The standard InChI is InChI=1S/C30H26N4O2S/c35-29(14-11-23-5-2-1-3-6-23)32-25-7-4-8-27(22-25)37-30-15-16-31-28(33-30)21-24-9-12-26(13-10-24)34-17-19-36-20-18-34/h1-10,12-13,15-16,22H,17-21H2,(H,32,35). The average Bonchev–Trinajstić information content (AvgIpc) is 2.94. The van der Waals surface area contributed by atoms with E-state index in [1.54, 1.807) is 6.20 Å². The highest BCUT2D eigenvalue weighted by molar-refractivity contribution is 7.99. The van der Waals surface area contributed by atoms with Crippen LogP contribution in [0.5, 0.6) is 0 Å². The number of amides is 1. The minimum Gasteiger partial charge on any atom is -0.378 e. The smallest absolute Gasteiger partial charge is 0.300 e. The number of carbonyl (C=O) groups is 1. The van der Waals surface area contributed by atoms with E-state index < -0.39 is 0 Å². The van der Waals surface area contributed by atoms with Crippen LogP contribution in [0.3, 0.4) is 0 Å². The zero-order valence-corrected chi connectivity index (χ0v) is 21.1. The summed E-state index contributed by atoms with van der Waals surface area (Å²) in [7, 11) is 0. The summed E-state index contributed by atoms with van der Waals surface area (Å²) in [5, 5.41) is 3.69. The van der Waals surface area contributed by atoms with E-state index in [4.69, 9.17) is 9.72 Å². The molecule has 7 heteroatoms. The van der Waals surface area contributed by atoms with Gasteiger partial charge in [0.2, 0.25) is 0 Å². The van der Waals surface area contributed by atoms with Gasteiger partial charge in [0, 0.05) is 53.5 Å². The molecule has 1 N–H and O–H groups in total. The molecule has 5 rings (SSSR count). The molecule has 0 saturated carbocycles. The fraction of sp³-hybridized carbons (Fsp3) is 0.167. The molecule has 0 aliphatic carbocycles. The molecule has 0 radical (unpaired) electrons. The number of rotatable bonds is 6. The fourth-order valence-corrected chi connectivity index (χ4v) is 4.78. The normalized spacial score (nSPS) is 12.9. The van der Waals surface area contributed by atoms with Crippen molar-refractivity contribution in [2.45, 2.75) is 16.3 Å². The Kier molecular flexibility index (Phi) is 8.11. The molecular weight excluding hydrogens is 480 g/mol. The van der Waals surface area contributed by atoms with E-state index in [9.17, 15) is 4.79 Å². The van der Waals surface area contributed by atoms with E-state index in [2.05, 4.69) is 51.3 Å². The summed E-state index contributed by atoms with van der Waals surface area (Å²) in [6, 6.07) is 27.6. The minimum absolute atomic E-state index is 0.352. The highest BCUT2D eigenvalue weighted by atomic mass is 32.2. The lowest BCUT2D eigenvalue weighted by molar-refractivity contribution is -0.111. The lowest BCUT2D eigenvalue weighted by atomic mass is 10.1. The molecule has 1 saturated heterocycles. The van der Waals surface area contributed by atoms with Gasteiger partial charge in [0.1, 0.15) is 10.9 Å². The maximum Gasteiger partial charge on any atom is 0.300 e. The van der Waals surface area contributed by atoms with Crippen molar-refractivity contribution < 1.29 is 9.53 Å². The molecule has 1 aliphatic heterocycles. The van der Waals surface area contributed by atoms with Crippen LogP contribution in [0.2, 0.25) is 0 Å². The summed E-state index contributed by atoms with van der Waals surface area (Å²) in [6.07, 6.45) is 2.45. The molecule has 0 spiro atoms. The van der Waals surface area contributed by atoms with Gasteiger partial charge in [-0.3, -0.25) is 4.79 Å². The topological polar surface area (TPSA) is 67.4 Å². The summed E-state index contributed by atoms with van der Waals surface area (Å²) >= 11 is 1.53. The molecule has 37 heavy (non-hydrogen) atoms. The predicted molar refractivity (Wildman–Crippen MR) is 147 cm³/mol. The molecule has 4 aromatic rings. The maximum atomic E-state index is 12.3. The number of nitrogens with one attached hydrogen (secondary N) is 1. The Balaban J connectivity index is 1.20. The van der Waals surface area contributed by atoms with Gasteiger partial charge in [-0.2, -0.15) is 0 Å². The first-order valence-electron chi connectivity index (χ1n) is 12.1. The summed E-state index contributed by atoms with van der Waals surface area (Å²) in [4.78, 5) is 24.8. The van der Waals surface area contributed by atoms with Crippen LogP contribution in [-0.2, 0) is 16.0 Å². The van der Waals surface area contributed by atoms with Crippen molar-refractivity contribution in [1.82, 2.24) is 9.97 Å². The summed E-state index contributed by atoms with van der Waals surface area (Å²) in [5.74, 6) is 5.92. The van der Waals surface area contributed by atoms with Crippen LogP contribution in [-0.4, -0.2) is 42.2 Å². The number of hydrogen-bond donors (Lipinski definition) is 1. The van der Waals surface area contributed by atoms with Gasteiger partial charge in [0.25, 0.3) is 0 Å². The fourth-order valence-electron chi connectivity index (χ4n) is 3.92. The van der Waals surface area contributed by atoms with Crippen LogP contribution in [0.4, 0.5) is 11.4 Å². The zero-order valence-electron chi connectivity index (χ0n) is 20.3. The van der Waals surface area contributed by atoms with Crippen LogP contribution in [0.15, 0.2) is 101 Å². The number of benzene rings is 3. The number of morpholine rings is 1. The van der Waals surface area contributed by atoms with E-state index in [0.29, 0.717) is 12.1 Å². The first-order valence-corrected chi connectivity index (χ1v) is 12.9. The van der Waals surface area contributed by atoms with Crippen molar-refractivity contribution in [3.8, 4) is 11.8 Å². The summed E-state index contributed by atoms with van der Waals surface area (Å²) in [5.41, 5.74) is 3.87. The van der Waals surface area contributed by atoms with Crippen molar-refractivity contribution in [3.05, 3.63) is 108 Å². The van der Waals surface area contributed by atoms with Crippen LogP contribution in [0.1, 0.15) is 17.0 Å². The molecule has 1 fully saturated rings. The molecule has 6 nitrogen and oxygen atoms in total. The first-order chi connectivity index (χ1) is 18.2. The predicted octanol–water partition coefficient (Wildman–Crippen LogP) is 5.05. The van der Waals surface area contributed by atoms with Gasteiger partial charge < -0.3 is 15.0 Å². The summed E-state index contributed by atoms with van der Waals surface area (Å²) < 4.78 is 5.44. The molecule has 1 aliphatic rings. The maximum absolute atomic E-state index is 12.3. The van der Waals surface area contributed by atoms with Gasteiger partial charge >= 0.3 is 5.91 Å². The quantitative estimate of drug-likeness (QED) is 0.292. The number of aromatic nitrogens is 2. The third-order valence-corrected chi connectivity index (χ3v) is 6.69. The van der Waals surface area contributed by atoms with E-state index in [1.165, 1.54) is 23.0 Å². The molecule has 1 aromatic heterocycles. The van der Waals surface area contributed by atoms with E-state index in [0.717, 1.165) is 47.6 Å². The van der Waals surface area contributed by atoms with Crippen LogP contribution >= 0.6 is 11.8 Å². The molecule has 0 unspecified atom stereocenters. The number of nitrogens with zero attached hydrogens (tertiary/aromatic N) is 3. The van der Waals surface area contributed by atoms with E-state index in [1.807, 2.05) is 60.7 Å². The van der Waals surface area contributed by atoms with Gasteiger partial charge in [-0.25, -0.2) is 9.97 Å². The van der Waals surface area contributed by atoms with E-state index >= 15 is 0 Å². The Hall–Kier alpha value is -4.12. The first kappa shape index (κ1) is 24.6. The molecule has 0 atom stereocenters. The second-order valence-electron chi connectivity index (χ2n) is 8.45. The average molecular weight is 507 g/mol. The number of ether oxygens (including phenoxy) is 1. The Morgan fingerprint density at radius 1 is 0.973 bits per heavy atom. The second-order valence-corrected chi connectivity index (χ2v) is 9.55. The largest absolute Gasteiger partial charge is 0.378 e. The Morgan fingerprint density at radius 2 is 1.78 bits per heavy atom. The zero-order chi connectivity index (χ0) is 25.3. The van der Waals surface area contributed by atoms with E-state index in [-0.39, 0.29) is 5.91 Å². The lowest BCUT2D eigenvalue weighted by Gasteiger charge is -2.28. The third-order valence-electron chi connectivity index (χ3n) is 5.76. The van der Waals surface area contributed by atoms with Gasteiger partial charge in [-0.1, -0.05) is 54.1 Å². The lowest BCUT2D eigenvalue weighted by Crippen LogP contribution is -2.36. The van der Waals surface area contributed by atoms with Crippen molar-refractivity contribution in [3.63, 3.8) is 0 Å². The molecule has 3 aromatic carbocycles. The number of carbonyl (C=O) groups excluding carboxylic acids is 1. The number of anilines is 2. The SMILES string of the molecule is O=C(C#Cc1ccccc1)Nc1cccc(Sc2ccnc(Cc3ccc(N4CCOCC4)cc3)n2)c1. The number of hydrogen-bond acceptors (Lipinski definition) is 6. The molecular formula is C30H26N4O2S. The third kappa shape index (κ3) is 7.20. The van der Waals surface area contributed by atoms with Gasteiger partial charge in [0.15, 0.2) is 0 Å². The van der Waals surface area contributed by atoms with Gasteiger partial charge in [-0.05, 0) is 54.1 Å². The van der Waals surface area contributed by atoms with Crippen LogP contribution in [0.25, 0.3) is 0 Å². The van der Waals surface area contributed by atoms with Crippen molar-refractivity contribution in [2.75, 3.05) is 36.5 Å². The monoisotopic (exact) mass is 506 g/mol. The van der Waals surface area contributed by atoms with Crippen molar-refractivity contribution >= 4 is 29.0 Å². The molecule has 0 bridgehead atoms. The van der Waals surface area contributed by atoms with Crippen LogP contribution in [0, 0.1) is 11.8 Å². The van der Waals surface area contributed by atoms with Gasteiger partial charge in [-0.15, -0.1) is 0 Å². The minimum atomic E-state index is -0.352. The highest BCUT2D eigenvalue weighted by Crippen LogP contribution is 2.28. The molecule has 184 valence electrons. The van der Waals surface area contributed by atoms with Crippen molar-refractivity contribution in [2.24, 2.45) is 0 Å². The molecule has 2 heterocycles. The second kappa shape index (κ2) is 12.2. The Bertz CT molecular complexity index is 1410. The molecule has 1 amide bonds. The highest BCUT2D eigenvalue weighted by Gasteiger charge is 2.11. The van der Waals surface area contributed by atoms with Crippen LogP contribution < -0.4 is 10.2 Å². The van der Waals surface area contributed by atoms with Gasteiger partial charge in [0.05, 0.1) is 13.2 Å². The Morgan fingerprint density at radius 3 is 2.59 bits per heavy atom.